The van der Waals surface area contributed by atoms with Crippen LogP contribution in [0, 0.1) is 5.92 Å². The smallest absolute Gasteiger partial charge is 0.319 e. The van der Waals surface area contributed by atoms with Gasteiger partial charge in [-0.3, -0.25) is 4.79 Å². The van der Waals surface area contributed by atoms with Crippen molar-refractivity contribution in [2.45, 2.75) is 18.9 Å². The minimum absolute atomic E-state index is 0.0834. The number of allylic oxidation sites excluding steroid dienone is 1. The zero-order valence-corrected chi connectivity index (χ0v) is 9.35. The van der Waals surface area contributed by atoms with Crippen LogP contribution in [0.1, 0.15) is 13.3 Å². The zero-order chi connectivity index (χ0) is 12.0. The molecule has 1 fully saturated rings. The quantitative estimate of drug-likeness (QED) is 0.252. The molecule has 0 radical (unpaired) electrons. The van der Waals surface area contributed by atoms with E-state index in [4.69, 9.17) is 10.3 Å². The maximum Gasteiger partial charge on any atom is 0.319 e. The van der Waals surface area contributed by atoms with Crippen molar-refractivity contribution in [2.24, 2.45) is 11.0 Å². The number of carbonyl (C=O) groups is 1. The van der Waals surface area contributed by atoms with Gasteiger partial charge in [-0.25, -0.2) is 0 Å². The van der Waals surface area contributed by atoms with Crippen molar-refractivity contribution in [3.63, 3.8) is 0 Å². The minimum atomic E-state index is -1.11. The number of hydrogen-bond donors (Lipinski definition) is 1. The molecule has 1 saturated heterocycles. The summed E-state index contributed by atoms with van der Waals surface area (Å²) in [4.78, 5) is 14.7. The van der Waals surface area contributed by atoms with Crippen molar-refractivity contribution < 1.29 is 9.53 Å². The molecule has 0 saturated carbocycles. The fourth-order valence-corrected chi connectivity index (χ4v) is 1.96. The summed E-state index contributed by atoms with van der Waals surface area (Å²) in [6.45, 7) is 6.61. The van der Waals surface area contributed by atoms with Gasteiger partial charge in [0.25, 0.3) is 0 Å². The van der Waals surface area contributed by atoms with E-state index in [-0.39, 0.29) is 12.5 Å². The second-order valence-electron chi connectivity index (χ2n) is 3.69. The zero-order valence-electron chi connectivity index (χ0n) is 9.35. The molecule has 0 aromatic rings. The van der Waals surface area contributed by atoms with Crippen molar-refractivity contribution in [3.05, 3.63) is 23.1 Å². The monoisotopic (exact) mass is 224 g/mol. The van der Waals surface area contributed by atoms with Crippen molar-refractivity contribution in [2.75, 3.05) is 19.7 Å². The Balaban J connectivity index is 2.98. The van der Waals surface area contributed by atoms with Gasteiger partial charge < -0.3 is 10.1 Å². The summed E-state index contributed by atoms with van der Waals surface area (Å²) in [5.74, 6) is -0.537. The van der Waals surface area contributed by atoms with Crippen molar-refractivity contribution in [1.29, 1.82) is 0 Å². The van der Waals surface area contributed by atoms with Gasteiger partial charge in [0.2, 0.25) is 0 Å². The molecule has 6 heteroatoms. The highest BCUT2D eigenvalue weighted by atomic mass is 16.5. The molecule has 0 aromatic carbocycles. The molecule has 1 rings (SSSR count). The number of nitrogens with one attached hydrogen (secondary N) is 1. The molecule has 0 unspecified atom stereocenters. The molecule has 0 aromatic heterocycles. The lowest BCUT2D eigenvalue weighted by Gasteiger charge is -2.26. The van der Waals surface area contributed by atoms with Crippen LogP contribution in [0.5, 0.6) is 0 Å². The highest BCUT2D eigenvalue weighted by Gasteiger charge is 2.49. The Morgan fingerprint density at radius 2 is 2.62 bits per heavy atom. The van der Waals surface area contributed by atoms with E-state index in [9.17, 15) is 4.79 Å². The van der Waals surface area contributed by atoms with Crippen molar-refractivity contribution >= 4 is 5.97 Å². The van der Waals surface area contributed by atoms with Crippen LogP contribution in [-0.2, 0) is 9.53 Å². The summed E-state index contributed by atoms with van der Waals surface area (Å²) < 4.78 is 4.98. The summed E-state index contributed by atoms with van der Waals surface area (Å²) in [6, 6.07) is 0. The summed E-state index contributed by atoms with van der Waals surface area (Å²) in [5.41, 5.74) is 7.48. The van der Waals surface area contributed by atoms with E-state index < -0.39 is 11.5 Å². The maximum absolute atomic E-state index is 11.9. The van der Waals surface area contributed by atoms with E-state index >= 15 is 0 Å². The summed E-state index contributed by atoms with van der Waals surface area (Å²) in [7, 11) is 0. The van der Waals surface area contributed by atoms with E-state index in [0.29, 0.717) is 19.5 Å². The summed E-state index contributed by atoms with van der Waals surface area (Å²) in [5, 5.41) is 6.73. The molecular formula is C10H16N4O2. The van der Waals surface area contributed by atoms with E-state index in [0.717, 1.165) is 0 Å². The first-order valence-corrected chi connectivity index (χ1v) is 5.26. The molecule has 88 valence electrons. The third-order valence-corrected chi connectivity index (χ3v) is 2.76. The average molecular weight is 224 g/mol. The minimum Gasteiger partial charge on any atom is -0.465 e. The standard InChI is InChI=1S/C10H16N4O2/c1-3-5-8-6-12-7-10(8,13-14-11)9(15)16-4-2/h3,8,12H,1,4-7H2,2H3/t8-,10-/m0/s1. The fraction of sp³-hybridized carbons (Fsp3) is 0.700. The van der Waals surface area contributed by atoms with Crippen LogP contribution in [0.2, 0.25) is 0 Å². The topological polar surface area (TPSA) is 87.1 Å². The van der Waals surface area contributed by atoms with Crippen LogP contribution in [0.3, 0.4) is 0 Å². The number of esters is 1. The number of azide groups is 1. The van der Waals surface area contributed by atoms with Gasteiger partial charge in [-0.2, -0.15) is 0 Å². The van der Waals surface area contributed by atoms with E-state index in [2.05, 4.69) is 21.9 Å². The molecular weight excluding hydrogens is 208 g/mol. The van der Waals surface area contributed by atoms with Crippen LogP contribution >= 0.6 is 0 Å². The lowest BCUT2D eigenvalue weighted by molar-refractivity contribution is -0.150. The fourth-order valence-electron chi connectivity index (χ4n) is 1.96. The Morgan fingerprint density at radius 1 is 1.88 bits per heavy atom. The second-order valence-corrected chi connectivity index (χ2v) is 3.69. The van der Waals surface area contributed by atoms with Crippen LogP contribution < -0.4 is 5.32 Å². The first kappa shape index (κ1) is 12.5. The summed E-state index contributed by atoms with van der Waals surface area (Å²) >= 11 is 0. The predicted octanol–water partition coefficient (Wildman–Crippen LogP) is 1.39. The molecule has 0 bridgehead atoms. The highest BCUT2D eigenvalue weighted by Crippen LogP contribution is 2.31. The molecule has 0 amide bonds. The molecule has 1 aliphatic rings. The van der Waals surface area contributed by atoms with Crippen molar-refractivity contribution in [1.82, 2.24) is 5.32 Å². The molecule has 2 atom stereocenters. The van der Waals surface area contributed by atoms with Gasteiger partial charge in [0.1, 0.15) is 0 Å². The van der Waals surface area contributed by atoms with Gasteiger partial charge in [0.05, 0.1) is 6.61 Å². The van der Waals surface area contributed by atoms with Crippen molar-refractivity contribution in [3.8, 4) is 0 Å². The van der Waals surface area contributed by atoms with Gasteiger partial charge >= 0.3 is 5.97 Å². The predicted molar refractivity (Wildman–Crippen MR) is 59.7 cm³/mol. The lowest BCUT2D eigenvalue weighted by Crippen LogP contribution is -2.45. The van der Waals surface area contributed by atoms with Gasteiger partial charge in [-0.1, -0.05) is 11.2 Å². The Kier molecular flexibility index (Phi) is 4.34. The molecule has 1 heterocycles. The van der Waals surface area contributed by atoms with Crippen LogP contribution in [0.25, 0.3) is 10.4 Å². The maximum atomic E-state index is 11.9. The Bertz CT molecular complexity index is 325. The molecule has 0 aliphatic carbocycles. The van der Waals surface area contributed by atoms with Gasteiger partial charge in [0, 0.05) is 11.5 Å². The Morgan fingerprint density at radius 3 is 3.19 bits per heavy atom. The SMILES string of the molecule is C=CC[C@H]1CNC[C@@]1(N=[N+]=[N-])C(=O)OCC. The number of ether oxygens (including phenoxy) is 1. The van der Waals surface area contributed by atoms with Gasteiger partial charge in [-0.15, -0.1) is 6.58 Å². The Hall–Kier alpha value is -1.52. The molecule has 6 nitrogen and oxygen atoms in total. The molecule has 0 spiro atoms. The number of rotatable bonds is 5. The number of nitrogens with zero attached hydrogens (tertiary/aromatic N) is 3. The first-order valence-electron chi connectivity index (χ1n) is 5.26. The second kappa shape index (κ2) is 5.53. The molecule has 1 N–H and O–H groups in total. The normalized spacial score (nSPS) is 28.2. The van der Waals surface area contributed by atoms with Gasteiger partial charge in [-0.05, 0) is 31.3 Å². The van der Waals surface area contributed by atoms with E-state index in [1.165, 1.54) is 0 Å². The van der Waals surface area contributed by atoms with Crippen LogP contribution in [0.15, 0.2) is 17.8 Å². The third-order valence-electron chi connectivity index (χ3n) is 2.76. The number of hydrogen-bond acceptors (Lipinski definition) is 4. The highest BCUT2D eigenvalue weighted by molar-refractivity contribution is 5.82. The molecule has 1 aliphatic heterocycles. The van der Waals surface area contributed by atoms with E-state index in [1.807, 2.05) is 0 Å². The number of carbonyl (C=O) groups excluding carboxylic acids is 1. The molecule has 16 heavy (non-hydrogen) atoms. The Labute approximate surface area is 94.3 Å². The summed E-state index contributed by atoms with van der Waals surface area (Å²) in [6.07, 6.45) is 2.34. The van der Waals surface area contributed by atoms with Crippen LogP contribution in [-0.4, -0.2) is 31.2 Å². The van der Waals surface area contributed by atoms with Gasteiger partial charge in [0.15, 0.2) is 5.54 Å². The lowest BCUT2D eigenvalue weighted by atomic mass is 9.85. The average Bonchev–Trinajstić information content (AvgIpc) is 2.64. The first-order chi connectivity index (χ1) is 7.71. The van der Waals surface area contributed by atoms with E-state index in [1.54, 1.807) is 13.0 Å². The largest absolute Gasteiger partial charge is 0.465 e. The van der Waals surface area contributed by atoms with Crippen LogP contribution in [0.4, 0.5) is 0 Å². The third kappa shape index (κ3) is 2.18.